The van der Waals surface area contributed by atoms with Crippen LogP contribution in [0.2, 0.25) is 0 Å². The van der Waals surface area contributed by atoms with Crippen molar-refractivity contribution in [2.75, 3.05) is 26.2 Å². The van der Waals surface area contributed by atoms with Crippen LogP contribution in [0.4, 0.5) is 0 Å². The summed E-state index contributed by atoms with van der Waals surface area (Å²) in [5.74, 6) is -0.0590. The molecule has 9 heteroatoms. The second-order valence-electron chi connectivity index (χ2n) is 6.32. The summed E-state index contributed by atoms with van der Waals surface area (Å²) in [5, 5.41) is 6.72. The molecule has 1 amide bonds. The second-order valence-corrected chi connectivity index (χ2v) is 9.44. The molecule has 1 aromatic heterocycles. The number of halogens is 1. The van der Waals surface area contributed by atoms with Crippen LogP contribution in [0.15, 0.2) is 29.2 Å². The van der Waals surface area contributed by atoms with Crippen molar-refractivity contribution in [3.63, 3.8) is 0 Å². The van der Waals surface area contributed by atoms with Gasteiger partial charge in [-0.25, -0.2) is 8.42 Å². The minimum atomic E-state index is -3.62. The van der Waals surface area contributed by atoms with E-state index in [1.54, 1.807) is 18.7 Å². The molecular formula is C17H21IN4O3S. The third-order valence-corrected chi connectivity index (χ3v) is 7.37. The minimum absolute atomic E-state index is 0.0590. The van der Waals surface area contributed by atoms with Gasteiger partial charge in [0.15, 0.2) is 0 Å². The van der Waals surface area contributed by atoms with Gasteiger partial charge in [0.2, 0.25) is 10.0 Å². The maximum atomic E-state index is 13.0. The number of hydrogen-bond acceptors (Lipinski definition) is 4. The van der Waals surface area contributed by atoms with E-state index in [9.17, 15) is 13.2 Å². The second kappa shape index (κ2) is 7.65. The molecule has 0 bridgehead atoms. The van der Waals surface area contributed by atoms with Gasteiger partial charge in [-0.15, -0.1) is 0 Å². The highest BCUT2D eigenvalue weighted by Gasteiger charge is 2.32. The van der Waals surface area contributed by atoms with Gasteiger partial charge in [-0.1, -0.05) is 0 Å². The van der Waals surface area contributed by atoms with Crippen LogP contribution in [0, 0.1) is 17.4 Å². The monoisotopic (exact) mass is 488 g/mol. The maximum Gasteiger partial charge on any atom is 0.253 e. The molecule has 1 aliphatic rings. The van der Waals surface area contributed by atoms with Crippen molar-refractivity contribution in [1.82, 2.24) is 19.4 Å². The van der Waals surface area contributed by atoms with Gasteiger partial charge in [0, 0.05) is 35.3 Å². The van der Waals surface area contributed by atoms with Crippen LogP contribution in [0.25, 0.3) is 0 Å². The lowest BCUT2D eigenvalue weighted by Gasteiger charge is -2.22. The third-order valence-electron chi connectivity index (χ3n) is 4.49. The highest BCUT2D eigenvalue weighted by atomic mass is 127. The topological polar surface area (TPSA) is 86.4 Å². The standard InChI is InChI=1S/C17H21IN4O3S/c1-12-16(13(2)20-19-12)26(24,25)22-9-3-8-21(10-11-22)17(23)14-4-6-15(18)7-5-14/h4-7H,3,8-11H2,1-2H3,(H,19,20). The van der Waals surface area contributed by atoms with E-state index in [0.717, 1.165) is 3.57 Å². The summed E-state index contributed by atoms with van der Waals surface area (Å²) in [7, 11) is -3.62. The molecule has 3 rings (SSSR count). The van der Waals surface area contributed by atoms with Gasteiger partial charge < -0.3 is 4.90 Å². The van der Waals surface area contributed by atoms with Crippen LogP contribution in [0.5, 0.6) is 0 Å². The Labute approximate surface area is 167 Å². The number of nitrogens with one attached hydrogen (secondary N) is 1. The normalized spacial score (nSPS) is 16.5. The summed E-state index contributed by atoms with van der Waals surface area (Å²) >= 11 is 2.20. The molecule has 140 valence electrons. The molecule has 0 radical (unpaired) electrons. The number of aromatic nitrogens is 2. The fourth-order valence-electron chi connectivity index (χ4n) is 3.16. The molecule has 2 heterocycles. The lowest BCUT2D eigenvalue weighted by Crippen LogP contribution is -2.37. The molecule has 7 nitrogen and oxygen atoms in total. The number of carbonyl (C=O) groups excluding carboxylic acids is 1. The average molecular weight is 488 g/mol. The first-order chi connectivity index (χ1) is 12.3. The summed E-state index contributed by atoms with van der Waals surface area (Å²) < 4.78 is 28.5. The minimum Gasteiger partial charge on any atom is -0.337 e. The molecule has 0 saturated carbocycles. The Hall–Kier alpha value is -1.46. The zero-order chi connectivity index (χ0) is 18.9. The molecule has 0 unspecified atom stereocenters. The molecule has 1 saturated heterocycles. The van der Waals surface area contributed by atoms with Crippen LogP contribution in [-0.2, 0) is 10.0 Å². The zero-order valence-electron chi connectivity index (χ0n) is 14.7. The fraction of sp³-hybridized carbons (Fsp3) is 0.412. The lowest BCUT2D eigenvalue weighted by atomic mass is 10.2. The van der Waals surface area contributed by atoms with E-state index < -0.39 is 10.0 Å². The summed E-state index contributed by atoms with van der Waals surface area (Å²) in [5.41, 5.74) is 1.64. The number of nitrogens with zero attached hydrogens (tertiary/aromatic N) is 3. The number of carbonyl (C=O) groups is 1. The Morgan fingerprint density at radius 2 is 1.81 bits per heavy atom. The smallest absolute Gasteiger partial charge is 0.253 e. The van der Waals surface area contributed by atoms with Crippen LogP contribution in [0.3, 0.4) is 0 Å². The first-order valence-electron chi connectivity index (χ1n) is 8.37. The van der Waals surface area contributed by atoms with Crippen molar-refractivity contribution in [2.45, 2.75) is 25.2 Å². The van der Waals surface area contributed by atoms with E-state index >= 15 is 0 Å². The first kappa shape index (κ1) is 19.3. The van der Waals surface area contributed by atoms with Gasteiger partial charge in [0.25, 0.3) is 5.91 Å². The van der Waals surface area contributed by atoms with Crippen LogP contribution in [0.1, 0.15) is 28.2 Å². The molecule has 26 heavy (non-hydrogen) atoms. The molecule has 0 atom stereocenters. The van der Waals surface area contributed by atoms with E-state index in [0.29, 0.717) is 43.0 Å². The number of benzene rings is 1. The Bertz CT molecular complexity index is 889. The van der Waals surface area contributed by atoms with Gasteiger partial charge in [-0.05, 0) is 67.1 Å². The van der Waals surface area contributed by atoms with Crippen molar-refractivity contribution >= 4 is 38.5 Å². The highest BCUT2D eigenvalue weighted by Crippen LogP contribution is 2.23. The molecule has 0 aliphatic carbocycles. The Kier molecular flexibility index (Phi) is 5.68. The molecule has 1 fully saturated rings. The van der Waals surface area contributed by atoms with E-state index in [-0.39, 0.29) is 17.3 Å². The van der Waals surface area contributed by atoms with Crippen LogP contribution >= 0.6 is 22.6 Å². The predicted molar refractivity (Wildman–Crippen MR) is 107 cm³/mol. The maximum absolute atomic E-state index is 13.0. The van der Waals surface area contributed by atoms with Gasteiger partial charge in [-0.3, -0.25) is 9.89 Å². The zero-order valence-corrected chi connectivity index (χ0v) is 17.7. The quantitative estimate of drug-likeness (QED) is 0.672. The Balaban J connectivity index is 1.76. The van der Waals surface area contributed by atoms with Crippen LogP contribution in [-0.4, -0.2) is 59.9 Å². The summed E-state index contributed by atoms with van der Waals surface area (Å²) in [4.78, 5) is 14.7. The number of aryl methyl sites for hydroxylation is 2. The molecule has 1 aromatic carbocycles. The lowest BCUT2D eigenvalue weighted by molar-refractivity contribution is 0.0764. The highest BCUT2D eigenvalue weighted by molar-refractivity contribution is 14.1. The first-order valence-corrected chi connectivity index (χ1v) is 10.9. The fourth-order valence-corrected chi connectivity index (χ4v) is 5.32. The summed E-state index contributed by atoms with van der Waals surface area (Å²) in [6.07, 6.45) is 0.602. The largest absolute Gasteiger partial charge is 0.337 e. The van der Waals surface area contributed by atoms with Gasteiger partial charge in [0.1, 0.15) is 4.90 Å². The number of H-pyrrole nitrogens is 1. The van der Waals surface area contributed by atoms with E-state index in [2.05, 4.69) is 32.8 Å². The number of rotatable bonds is 3. The van der Waals surface area contributed by atoms with Crippen molar-refractivity contribution in [2.24, 2.45) is 0 Å². The van der Waals surface area contributed by atoms with Crippen molar-refractivity contribution < 1.29 is 13.2 Å². The molecule has 1 aliphatic heterocycles. The van der Waals surface area contributed by atoms with E-state index in [1.807, 2.05) is 24.3 Å². The summed E-state index contributed by atoms with van der Waals surface area (Å²) in [6.45, 7) is 4.98. The average Bonchev–Trinajstić information content (AvgIpc) is 2.81. The predicted octanol–water partition coefficient (Wildman–Crippen LogP) is 2.17. The molecule has 0 spiro atoms. The Morgan fingerprint density at radius 1 is 1.12 bits per heavy atom. The van der Waals surface area contributed by atoms with Crippen molar-refractivity contribution in [3.8, 4) is 0 Å². The van der Waals surface area contributed by atoms with E-state index in [1.165, 1.54) is 4.31 Å². The molecular weight excluding hydrogens is 467 g/mol. The van der Waals surface area contributed by atoms with Gasteiger partial charge in [-0.2, -0.15) is 9.40 Å². The van der Waals surface area contributed by atoms with Gasteiger partial charge >= 0.3 is 0 Å². The Morgan fingerprint density at radius 3 is 2.42 bits per heavy atom. The number of hydrogen-bond donors (Lipinski definition) is 1. The van der Waals surface area contributed by atoms with Crippen LogP contribution < -0.4 is 0 Å². The number of amides is 1. The third kappa shape index (κ3) is 3.79. The SMILES string of the molecule is Cc1n[nH]c(C)c1S(=O)(=O)N1CCCN(C(=O)c2ccc(I)cc2)CC1. The van der Waals surface area contributed by atoms with Crippen molar-refractivity contribution in [3.05, 3.63) is 44.8 Å². The number of sulfonamides is 1. The molecule has 2 aromatic rings. The summed E-state index contributed by atoms with van der Waals surface area (Å²) in [6, 6.07) is 7.41. The molecule has 1 N–H and O–H groups in total. The van der Waals surface area contributed by atoms with Gasteiger partial charge in [0.05, 0.1) is 11.4 Å². The van der Waals surface area contributed by atoms with Crippen molar-refractivity contribution in [1.29, 1.82) is 0 Å². The number of aromatic amines is 1. The van der Waals surface area contributed by atoms with E-state index in [4.69, 9.17) is 0 Å².